The fourth-order valence-electron chi connectivity index (χ4n) is 8.32. The molecule has 0 unspecified atom stereocenters. The molecular formula is C38H65N3O28. The summed E-state index contributed by atoms with van der Waals surface area (Å²) in [6, 6.07) is -4.11. The van der Waals surface area contributed by atoms with Crippen LogP contribution < -0.4 is 16.0 Å². The van der Waals surface area contributed by atoms with E-state index in [0.29, 0.717) is 0 Å². The van der Waals surface area contributed by atoms with E-state index in [1.54, 1.807) is 0 Å². The van der Waals surface area contributed by atoms with Crippen molar-refractivity contribution in [3.05, 3.63) is 0 Å². The van der Waals surface area contributed by atoms with Crippen LogP contribution in [0, 0.1) is 0 Å². The van der Waals surface area contributed by atoms with Crippen LogP contribution in [0.15, 0.2) is 0 Å². The van der Waals surface area contributed by atoms with Gasteiger partial charge in [0, 0.05) is 13.8 Å². The lowest BCUT2D eigenvalue weighted by molar-refractivity contribution is -0.382. The Labute approximate surface area is 391 Å². The first kappa shape index (κ1) is 57.3. The molecule has 0 aromatic heterocycles. The summed E-state index contributed by atoms with van der Waals surface area (Å²) < 4.78 is 56.8. The second kappa shape index (κ2) is 25.9. The molecule has 0 aliphatic carbocycles. The molecule has 5 aliphatic rings. The van der Waals surface area contributed by atoms with Crippen LogP contribution in [0.1, 0.15) is 13.8 Å². The third kappa shape index (κ3) is 13.3. The Morgan fingerprint density at radius 3 is 1.48 bits per heavy atom. The lowest BCUT2D eigenvalue weighted by Crippen LogP contribution is -2.70. The number of carbonyl (C=O) groups is 3. The maximum absolute atomic E-state index is 12.5. The molecule has 5 fully saturated rings. The Bertz CT molecular complexity index is 1610. The average molecular weight is 1010 g/mol. The number of aliphatic hydroxyl groups excluding tert-OH is 15. The molecule has 0 spiro atoms. The standard InChI is InChI=1S/C38H65N3O28/c1-11(48)40-19-24(53)21(50)14(4-43)62-34(19)61-9-18-22(51)26(55)28(57)37(66-18)67-31-16(6-45)64-35(20(25(31)54)41-12(2)49)69-33-23(52)15(5-44)63-38(30(33)59)68-32-17(7-46)65-36(29(58)27(32)56)60-8-13(3-42)39-10-47/h10,13-38,42-46,50-59H,3-9H2,1-2H3,(H,39,47)(H,40,48)(H,41,49)/t13-,14-,15-,16-,17-,18-,19-,20-,21-,22+,23+,24-,25-,26+,27-,28-,29-,30-,31-,32-,33+,34-,35+,36-,37+,38+/m1/s1. The molecule has 0 aromatic rings. The van der Waals surface area contributed by atoms with Gasteiger partial charge in [0.2, 0.25) is 18.2 Å². The van der Waals surface area contributed by atoms with E-state index in [2.05, 4.69) is 16.0 Å². The van der Waals surface area contributed by atoms with Gasteiger partial charge in [-0.05, 0) is 0 Å². The van der Waals surface area contributed by atoms with Crippen molar-refractivity contribution >= 4 is 18.2 Å². The van der Waals surface area contributed by atoms with Gasteiger partial charge in [-0.1, -0.05) is 0 Å². The zero-order chi connectivity index (χ0) is 51.0. The molecule has 18 N–H and O–H groups in total. The van der Waals surface area contributed by atoms with Gasteiger partial charge in [0.05, 0.1) is 52.3 Å². The Hall–Kier alpha value is -2.59. The van der Waals surface area contributed by atoms with Crippen LogP contribution in [0.25, 0.3) is 0 Å². The van der Waals surface area contributed by atoms with Gasteiger partial charge in [0.15, 0.2) is 31.5 Å². The van der Waals surface area contributed by atoms with Gasteiger partial charge in [0.25, 0.3) is 0 Å². The third-order valence-electron chi connectivity index (χ3n) is 12.1. The van der Waals surface area contributed by atoms with Crippen LogP contribution in [0.3, 0.4) is 0 Å². The molecule has 5 aliphatic heterocycles. The van der Waals surface area contributed by atoms with E-state index in [9.17, 15) is 91.0 Å². The summed E-state index contributed by atoms with van der Waals surface area (Å²) in [6.45, 7) is -3.30. The Balaban J connectivity index is 1.30. The van der Waals surface area contributed by atoms with E-state index in [1.807, 2.05) is 0 Å². The molecule has 3 amide bonds. The molecule has 0 saturated carbocycles. The predicted molar refractivity (Wildman–Crippen MR) is 214 cm³/mol. The van der Waals surface area contributed by atoms with Crippen molar-refractivity contribution in [3.8, 4) is 0 Å². The number of amides is 3. The molecule has 0 aromatic carbocycles. The van der Waals surface area contributed by atoms with E-state index in [1.165, 1.54) is 0 Å². The minimum absolute atomic E-state index is 0.286. The van der Waals surface area contributed by atoms with Crippen LogP contribution >= 0.6 is 0 Å². The van der Waals surface area contributed by atoms with Crippen LogP contribution in [0.2, 0.25) is 0 Å². The molecule has 5 saturated heterocycles. The van der Waals surface area contributed by atoms with Crippen molar-refractivity contribution in [1.29, 1.82) is 0 Å². The highest BCUT2D eigenvalue weighted by Gasteiger charge is 2.56. The molecular weight excluding hydrogens is 946 g/mol. The van der Waals surface area contributed by atoms with Crippen LogP contribution in [0.5, 0.6) is 0 Å². The van der Waals surface area contributed by atoms with Crippen LogP contribution in [-0.2, 0) is 61.8 Å². The molecule has 0 radical (unpaired) electrons. The summed E-state index contributed by atoms with van der Waals surface area (Å²) in [4.78, 5) is 35.2. The molecule has 31 nitrogen and oxygen atoms in total. The molecule has 31 heteroatoms. The summed E-state index contributed by atoms with van der Waals surface area (Å²) in [7, 11) is 0. The summed E-state index contributed by atoms with van der Waals surface area (Å²) in [5, 5.41) is 167. The van der Waals surface area contributed by atoms with Crippen molar-refractivity contribution in [2.45, 2.75) is 173 Å². The fourth-order valence-corrected chi connectivity index (χ4v) is 8.32. The highest BCUT2D eigenvalue weighted by molar-refractivity contribution is 5.73. The van der Waals surface area contributed by atoms with Crippen molar-refractivity contribution in [1.82, 2.24) is 16.0 Å². The maximum Gasteiger partial charge on any atom is 0.217 e. The first-order valence-corrected chi connectivity index (χ1v) is 21.8. The quantitative estimate of drug-likeness (QED) is 0.0475. The van der Waals surface area contributed by atoms with E-state index in [4.69, 9.17) is 47.4 Å². The number of carbonyl (C=O) groups excluding carboxylic acids is 3. The van der Waals surface area contributed by atoms with Crippen LogP contribution in [-0.4, -0.2) is 301 Å². The van der Waals surface area contributed by atoms with Gasteiger partial charge in [-0.15, -0.1) is 0 Å². The molecule has 0 bridgehead atoms. The molecule has 400 valence electrons. The van der Waals surface area contributed by atoms with Gasteiger partial charge in [-0.25, -0.2) is 0 Å². The van der Waals surface area contributed by atoms with Gasteiger partial charge >= 0.3 is 0 Å². The van der Waals surface area contributed by atoms with Gasteiger partial charge < -0.3 is 140 Å². The van der Waals surface area contributed by atoms with Crippen molar-refractivity contribution in [3.63, 3.8) is 0 Å². The monoisotopic (exact) mass is 1010 g/mol. The van der Waals surface area contributed by atoms with Crippen molar-refractivity contribution in [2.75, 3.05) is 46.2 Å². The van der Waals surface area contributed by atoms with Gasteiger partial charge in [-0.3, -0.25) is 14.4 Å². The highest BCUT2D eigenvalue weighted by atomic mass is 16.8. The highest BCUT2D eigenvalue weighted by Crippen LogP contribution is 2.35. The molecule has 5 heterocycles. The second-order valence-corrected chi connectivity index (χ2v) is 16.9. The number of nitrogens with one attached hydrogen (secondary N) is 3. The first-order chi connectivity index (χ1) is 32.7. The maximum atomic E-state index is 12.5. The van der Waals surface area contributed by atoms with Gasteiger partial charge in [-0.2, -0.15) is 0 Å². The molecule has 26 atom stereocenters. The predicted octanol–water partition coefficient (Wildman–Crippen LogP) is -12.5. The summed E-state index contributed by atoms with van der Waals surface area (Å²) in [5.41, 5.74) is 0. The SMILES string of the molecule is CC(=O)N[C@H]1[C@H](O[C@H]2[C@@H](O)[C@@H](CO)O[C@@H](O[C@H]3[C@H](O)[C@@H](O)[C@H](OC[C@@H](CO)NC=O)O[C@@H]3CO)[C@@H]2O)O[C@H](CO)[C@@H](O[C@@H]2O[C@H](CO[C@@H]3O[C@H](CO)[C@@H](O)[C@H](O)[C@H]3NC(C)=O)[C@H](O)[C@H](O)[C@H]2O)[C@@H]1O. The fraction of sp³-hybridized carbons (Fsp3) is 0.921. The van der Waals surface area contributed by atoms with Crippen molar-refractivity contribution < 1.29 is 138 Å². The average Bonchev–Trinajstić information content (AvgIpc) is 3.32. The largest absolute Gasteiger partial charge is 0.394 e. The Morgan fingerprint density at radius 2 is 0.928 bits per heavy atom. The van der Waals surface area contributed by atoms with E-state index >= 15 is 0 Å². The van der Waals surface area contributed by atoms with E-state index in [0.717, 1.165) is 13.8 Å². The molecule has 5 rings (SSSR count). The lowest BCUT2D eigenvalue weighted by atomic mass is 9.94. The summed E-state index contributed by atoms with van der Waals surface area (Å²) in [5.74, 6) is -1.51. The summed E-state index contributed by atoms with van der Waals surface area (Å²) >= 11 is 0. The Morgan fingerprint density at radius 1 is 0.478 bits per heavy atom. The number of hydrogen-bond donors (Lipinski definition) is 18. The number of ether oxygens (including phenoxy) is 10. The third-order valence-corrected chi connectivity index (χ3v) is 12.1. The van der Waals surface area contributed by atoms with Crippen LogP contribution in [0.4, 0.5) is 0 Å². The van der Waals surface area contributed by atoms with Crippen molar-refractivity contribution in [2.24, 2.45) is 0 Å². The normalized spacial score (nSPS) is 45.6. The summed E-state index contributed by atoms with van der Waals surface area (Å²) in [6.07, 6.45) is -41.7. The zero-order valence-corrected chi connectivity index (χ0v) is 37.1. The van der Waals surface area contributed by atoms with E-state index in [-0.39, 0.29) is 6.41 Å². The first-order valence-electron chi connectivity index (χ1n) is 21.8. The number of hydrogen-bond acceptors (Lipinski definition) is 28. The topological polar surface area (TPSA) is 483 Å². The minimum atomic E-state index is -2.13. The van der Waals surface area contributed by atoms with Gasteiger partial charge in [0.1, 0.15) is 122 Å². The molecule has 69 heavy (non-hydrogen) atoms. The van der Waals surface area contributed by atoms with E-state index < -0.39 is 218 Å². The smallest absolute Gasteiger partial charge is 0.217 e. The number of aliphatic hydroxyl groups is 15. The second-order valence-electron chi connectivity index (χ2n) is 16.9. The minimum Gasteiger partial charge on any atom is -0.394 e. The lowest BCUT2D eigenvalue weighted by Gasteiger charge is -2.50. The number of rotatable bonds is 21. The Kier molecular flexibility index (Phi) is 21.5. The zero-order valence-electron chi connectivity index (χ0n) is 37.1.